The first-order valence-corrected chi connectivity index (χ1v) is 8.71. The van der Waals surface area contributed by atoms with Crippen LogP contribution in [0.5, 0.6) is 0 Å². The minimum Gasteiger partial charge on any atom is -0.342 e. The van der Waals surface area contributed by atoms with Crippen LogP contribution in [-0.2, 0) is 11.2 Å². The number of halogens is 1. The average Bonchev–Trinajstić information content (AvgIpc) is 3.34. The van der Waals surface area contributed by atoms with Crippen LogP contribution in [0.2, 0.25) is 0 Å². The molecule has 128 valence electrons. The highest BCUT2D eigenvalue weighted by Gasteiger charge is 2.51. The highest BCUT2D eigenvalue weighted by atomic mass is 35.5. The quantitative estimate of drug-likeness (QED) is 0.864. The van der Waals surface area contributed by atoms with Crippen LogP contribution in [0.3, 0.4) is 0 Å². The normalized spacial score (nSPS) is 20.0. The fourth-order valence-electron chi connectivity index (χ4n) is 3.71. The van der Waals surface area contributed by atoms with Crippen molar-refractivity contribution in [3.8, 4) is 0 Å². The summed E-state index contributed by atoms with van der Waals surface area (Å²) >= 11 is 0. The van der Waals surface area contributed by atoms with Gasteiger partial charge < -0.3 is 10.2 Å². The number of carbonyl (C=O) groups is 1. The molecule has 1 heterocycles. The van der Waals surface area contributed by atoms with Crippen molar-refractivity contribution in [3.63, 3.8) is 0 Å². The van der Waals surface area contributed by atoms with Gasteiger partial charge in [0.2, 0.25) is 5.91 Å². The topological polar surface area (TPSA) is 32.3 Å². The molecule has 1 amide bonds. The Morgan fingerprint density at radius 2 is 1.87 bits per heavy atom. The van der Waals surface area contributed by atoms with Crippen LogP contribution in [0, 0.1) is 11.3 Å². The van der Waals surface area contributed by atoms with E-state index >= 15 is 0 Å². The van der Waals surface area contributed by atoms with Gasteiger partial charge in [-0.1, -0.05) is 30.3 Å². The molecule has 1 aromatic rings. The summed E-state index contributed by atoms with van der Waals surface area (Å²) in [4.78, 5) is 15.1. The van der Waals surface area contributed by atoms with Crippen LogP contribution in [0.4, 0.5) is 0 Å². The van der Waals surface area contributed by atoms with Gasteiger partial charge in [-0.05, 0) is 63.6 Å². The minimum absolute atomic E-state index is 0. The van der Waals surface area contributed by atoms with Crippen molar-refractivity contribution in [2.75, 3.05) is 26.7 Å². The summed E-state index contributed by atoms with van der Waals surface area (Å²) in [6, 6.07) is 10.5. The molecule has 2 aliphatic rings. The van der Waals surface area contributed by atoms with Crippen molar-refractivity contribution in [2.45, 2.75) is 38.5 Å². The number of amides is 1. The lowest BCUT2D eigenvalue weighted by molar-refractivity contribution is -0.138. The Kier molecular flexibility index (Phi) is 6.49. The molecule has 0 spiro atoms. The molecule has 1 saturated carbocycles. The standard InChI is InChI=1S/C19H28N2O.ClH/c1-20-12-7-16-8-13-21(14-9-16)18(22)19(10-11-19)15-17-5-3-2-4-6-17;/h2-6,16,20H,7-15H2,1H3;1H. The molecule has 1 N–H and O–H groups in total. The first-order chi connectivity index (χ1) is 10.7. The van der Waals surface area contributed by atoms with Crippen LogP contribution >= 0.6 is 12.4 Å². The third kappa shape index (κ3) is 4.48. The van der Waals surface area contributed by atoms with Crippen LogP contribution < -0.4 is 5.32 Å². The number of benzene rings is 1. The van der Waals surface area contributed by atoms with Gasteiger partial charge in [0.1, 0.15) is 0 Å². The van der Waals surface area contributed by atoms with E-state index < -0.39 is 0 Å². The Bertz CT molecular complexity index is 493. The molecule has 2 fully saturated rings. The van der Waals surface area contributed by atoms with Crippen molar-refractivity contribution >= 4 is 18.3 Å². The molecule has 23 heavy (non-hydrogen) atoms. The molecule has 1 aromatic carbocycles. The molecule has 0 radical (unpaired) electrons. The summed E-state index contributed by atoms with van der Waals surface area (Å²) < 4.78 is 0. The molecule has 0 atom stereocenters. The first kappa shape index (κ1) is 18.3. The maximum absolute atomic E-state index is 12.9. The molecular weight excluding hydrogens is 308 g/mol. The molecule has 0 aromatic heterocycles. The van der Waals surface area contributed by atoms with Crippen LogP contribution in [0.1, 0.15) is 37.7 Å². The Morgan fingerprint density at radius 1 is 1.22 bits per heavy atom. The fraction of sp³-hybridized carbons (Fsp3) is 0.632. The van der Waals surface area contributed by atoms with E-state index in [1.807, 2.05) is 13.1 Å². The van der Waals surface area contributed by atoms with E-state index in [0.29, 0.717) is 5.91 Å². The third-order valence-electron chi connectivity index (χ3n) is 5.40. The van der Waals surface area contributed by atoms with Gasteiger partial charge in [-0.15, -0.1) is 12.4 Å². The summed E-state index contributed by atoms with van der Waals surface area (Å²) in [6.45, 7) is 3.02. The predicted octanol–water partition coefficient (Wildman–Crippen LogP) is 3.28. The van der Waals surface area contributed by atoms with Gasteiger partial charge in [-0.3, -0.25) is 4.79 Å². The van der Waals surface area contributed by atoms with Gasteiger partial charge in [0.15, 0.2) is 0 Å². The van der Waals surface area contributed by atoms with Gasteiger partial charge in [-0.25, -0.2) is 0 Å². The molecule has 0 unspecified atom stereocenters. The van der Waals surface area contributed by atoms with Gasteiger partial charge in [0.25, 0.3) is 0 Å². The zero-order valence-corrected chi connectivity index (χ0v) is 14.9. The largest absolute Gasteiger partial charge is 0.342 e. The number of likely N-dealkylation sites (tertiary alicyclic amines) is 1. The molecule has 4 heteroatoms. The zero-order chi connectivity index (χ0) is 15.4. The third-order valence-corrected chi connectivity index (χ3v) is 5.40. The minimum atomic E-state index is -0.0703. The molecule has 1 aliphatic heterocycles. The number of hydrogen-bond acceptors (Lipinski definition) is 2. The van der Waals surface area contributed by atoms with Crippen molar-refractivity contribution in [2.24, 2.45) is 11.3 Å². The van der Waals surface area contributed by atoms with E-state index in [1.54, 1.807) is 0 Å². The summed E-state index contributed by atoms with van der Waals surface area (Å²) in [5.41, 5.74) is 1.23. The SMILES string of the molecule is CNCCC1CCN(C(=O)C2(Cc3ccccc3)CC2)CC1.Cl. The first-order valence-electron chi connectivity index (χ1n) is 8.71. The van der Waals surface area contributed by atoms with E-state index in [1.165, 1.54) is 24.8 Å². The second kappa shape index (κ2) is 8.16. The fourth-order valence-corrected chi connectivity index (χ4v) is 3.71. The number of hydrogen-bond donors (Lipinski definition) is 1. The summed E-state index contributed by atoms with van der Waals surface area (Å²) in [5.74, 6) is 1.21. The van der Waals surface area contributed by atoms with Gasteiger partial charge >= 0.3 is 0 Å². The Morgan fingerprint density at radius 3 is 2.43 bits per heavy atom. The number of carbonyl (C=O) groups excluding carboxylic acids is 1. The van der Waals surface area contributed by atoms with E-state index in [-0.39, 0.29) is 17.8 Å². The van der Waals surface area contributed by atoms with Crippen molar-refractivity contribution in [1.29, 1.82) is 0 Å². The lowest BCUT2D eigenvalue weighted by Crippen LogP contribution is -2.43. The predicted molar refractivity (Wildman–Crippen MR) is 96.9 cm³/mol. The summed E-state index contributed by atoms with van der Waals surface area (Å²) in [7, 11) is 2.01. The molecule has 1 saturated heterocycles. The Hall–Kier alpha value is -1.06. The maximum atomic E-state index is 12.9. The number of rotatable bonds is 6. The lowest BCUT2D eigenvalue weighted by Gasteiger charge is -2.34. The second-order valence-corrected chi connectivity index (χ2v) is 7.07. The number of piperidine rings is 1. The van der Waals surface area contributed by atoms with E-state index in [2.05, 4.69) is 34.5 Å². The zero-order valence-electron chi connectivity index (χ0n) is 14.1. The molecular formula is C19H29ClN2O. The summed E-state index contributed by atoms with van der Waals surface area (Å²) in [5, 5.41) is 3.23. The van der Waals surface area contributed by atoms with Crippen molar-refractivity contribution in [1.82, 2.24) is 10.2 Å². The number of nitrogens with one attached hydrogen (secondary N) is 1. The monoisotopic (exact) mass is 336 g/mol. The molecule has 0 bridgehead atoms. The highest BCUT2D eigenvalue weighted by Crippen LogP contribution is 2.50. The van der Waals surface area contributed by atoms with E-state index in [4.69, 9.17) is 0 Å². The van der Waals surface area contributed by atoms with Gasteiger partial charge in [0.05, 0.1) is 5.41 Å². The lowest BCUT2D eigenvalue weighted by atomic mass is 9.90. The Balaban J connectivity index is 0.00000192. The van der Waals surface area contributed by atoms with Crippen molar-refractivity contribution < 1.29 is 4.79 Å². The van der Waals surface area contributed by atoms with Crippen molar-refractivity contribution in [3.05, 3.63) is 35.9 Å². The Labute approximate surface area is 146 Å². The number of nitrogens with zero attached hydrogens (tertiary/aromatic N) is 1. The van der Waals surface area contributed by atoms with Gasteiger partial charge in [-0.2, -0.15) is 0 Å². The van der Waals surface area contributed by atoms with Crippen LogP contribution in [0.15, 0.2) is 30.3 Å². The molecule has 3 rings (SSSR count). The average molecular weight is 337 g/mol. The smallest absolute Gasteiger partial charge is 0.229 e. The second-order valence-electron chi connectivity index (χ2n) is 7.07. The molecule has 1 aliphatic carbocycles. The highest BCUT2D eigenvalue weighted by molar-refractivity contribution is 5.86. The summed E-state index contributed by atoms with van der Waals surface area (Å²) in [6.07, 6.45) is 6.66. The van der Waals surface area contributed by atoms with Gasteiger partial charge in [0, 0.05) is 13.1 Å². The van der Waals surface area contributed by atoms with Crippen LogP contribution in [-0.4, -0.2) is 37.5 Å². The van der Waals surface area contributed by atoms with Crippen LogP contribution in [0.25, 0.3) is 0 Å². The van der Waals surface area contributed by atoms with E-state index in [0.717, 1.165) is 44.8 Å². The maximum Gasteiger partial charge on any atom is 0.229 e. The van der Waals surface area contributed by atoms with E-state index in [9.17, 15) is 4.79 Å². The molecule has 3 nitrogen and oxygen atoms in total.